The minimum Gasteiger partial charge on any atom is -0.309 e. The van der Waals surface area contributed by atoms with E-state index in [-0.39, 0.29) is 11.1 Å². The van der Waals surface area contributed by atoms with Crippen LogP contribution in [-0.2, 0) is 0 Å². The van der Waals surface area contributed by atoms with E-state index < -0.39 is 29.3 Å². The normalized spacial score (nSPS) is 12.5. The van der Waals surface area contributed by atoms with E-state index in [1.165, 1.54) is 25.2 Å². The highest BCUT2D eigenvalue weighted by Gasteiger charge is 2.21. The Morgan fingerprint density at radius 2 is 1.63 bits per heavy atom. The van der Waals surface area contributed by atoms with E-state index in [0.717, 1.165) is 12.1 Å². The van der Waals surface area contributed by atoms with Gasteiger partial charge in [0.15, 0.2) is 11.6 Å². The summed E-state index contributed by atoms with van der Waals surface area (Å²) in [6.45, 7) is 0. The SMILES string of the molecule is CNC(c1ccc(F)cc1F)c1cccc(F)c1F. The van der Waals surface area contributed by atoms with Gasteiger partial charge in [0.25, 0.3) is 0 Å². The van der Waals surface area contributed by atoms with Gasteiger partial charge in [-0.05, 0) is 19.2 Å². The Labute approximate surface area is 107 Å². The van der Waals surface area contributed by atoms with Crippen molar-refractivity contribution in [3.63, 3.8) is 0 Å². The van der Waals surface area contributed by atoms with E-state index in [0.29, 0.717) is 6.07 Å². The molecule has 0 radical (unpaired) electrons. The molecule has 0 saturated carbocycles. The van der Waals surface area contributed by atoms with Crippen LogP contribution in [0.3, 0.4) is 0 Å². The van der Waals surface area contributed by atoms with Crippen LogP contribution >= 0.6 is 0 Å². The maximum Gasteiger partial charge on any atom is 0.163 e. The lowest BCUT2D eigenvalue weighted by Gasteiger charge is -2.18. The Bertz CT molecular complexity index is 598. The van der Waals surface area contributed by atoms with Crippen LogP contribution in [0.25, 0.3) is 0 Å². The molecule has 19 heavy (non-hydrogen) atoms. The largest absolute Gasteiger partial charge is 0.309 e. The fraction of sp³-hybridized carbons (Fsp3) is 0.143. The summed E-state index contributed by atoms with van der Waals surface area (Å²) in [5, 5.41) is 2.69. The van der Waals surface area contributed by atoms with Crippen LogP contribution in [0.5, 0.6) is 0 Å². The average molecular weight is 269 g/mol. The summed E-state index contributed by atoms with van der Waals surface area (Å²) in [4.78, 5) is 0. The van der Waals surface area contributed by atoms with Crippen LogP contribution in [-0.4, -0.2) is 7.05 Å². The van der Waals surface area contributed by atoms with Gasteiger partial charge in [-0.25, -0.2) is 17.6 Å². The van der Waals surface area contributed by atoms with Crippen molar-refractivity contribution in [3.05, 3.63) is 70.8 Å². The average Bonchev–Trinajstić information content (AvgIpc) is 2.37. The topological polar surface area (TPSA) is 12.0 Å². The molecule has 1 nitrogen and oxygen atoms in total. The first-order valence-electron chi connectivity index (χ1n) is 5.60. The molecular formula is C14H11F4N. The third-order valence-corrected chi connectivity index (χ3v) is 2.85. The molecular weight excluding hydrogens is 258 g/mol. The summed E-state index contributed by atoms with van der Waals surface area (Å²) < 4.78 is 53.5. The lowest BCUT2D eigenvalue weighted by Crippen LogP contribution is -2.20. The van der Waals surface area contributed by atoms with Crippen LogP contribution in [0.1, 0.15) is 17.2 Å². The van der Waals surface area contributed by atoms with Crippen molar-refractivity contribution in [2.45, 2.75) is 6.04 Å². The molecule has 0 fully saturated rings. The zero-order valence-electron chi connectivity index (χ0n) is 10.1. The molecule has 0 aliphatic heterocycles. The van der Waals surface area contributed by atoms with Crippen molar-refractivity contribution >= 4 is 0 Å². The summed E-state index contributed by atoms with van der Waals surface area (Å²) >= 11 is 0. The molecule has 2 aromatic rings. The summed E-state index contributed by atoms with van der Waals surface area (Å²) in [6, 6.07) is 5.75. The lowest BCUT2D eigenvalue weighted by atomic mass is 9.97. The number of benzene rings is 2. The van der Waals surface area contributed by atoms with Gasteiger partial charge in [-0.1, -0.05) is 18.2 Å². The molecule has 2 rings (SSSR count). The highest BCUT2D eigenvalue weighted by Crippen LogP contribution is 2.27. The molecule has 0 bridgehead atoms. The molecule has 0 amide bonds. The maximum absolute atomic E-state index is 13.7. The van der Waals surface area contributed by atoms with E-state index >= 15 is 0 Å². The second-order valence-electron chi connectivity index (χ2n) is 4.03. The fourth-order valence-electron chi connectivity index (χ4n) is 1.96. The van der Waals surface area contributed by atoms with Crippen molar-refractivity contribution in [3.8, 4) is 0 Å². The highest BCUT2D eigenvalue weighted by atomic mass is 19.2. The molecule has 0 spiro atoms. The highest BCUT2D eigenvalue weighted by molar-refractivity contribution is 5.34. The number of hydrogen-bond acceptors (Lipinski definition) is 1. The Kier molecular flexibility index (Phi) is 3.85. The zero-order chi connectivity index (χ0) is 14.0. The predicted molar refractivity (Wildman–Crippen MR) is 63.6 cm³/mol. The smallest absolute Gasteiger partial charge is 0.163 e. The number of hydrogen-bond donors (Lipinski definition) is 1. The van der Waals surface area contributed by atoms with Gasteiger partial charge < -0.3 is 5.32 Å². The Hall–Kier alpha value is -1.88. The summed E-state index contributed by atoms with van der Waals surface area (Å²) in [6.07, 6.45) is 0. The summed E-state index contributed by atoms with van der Waals surface area (Å²) in [5.74, 6) is -3.61. The van der Waals surface area contributed by atoms with Crippen LogP contribution in [0.15, 0.2) is 36.4 Å². The molecule has 1 N–H and O–H groups in total. The monoisotopic (exact) mass is 269 g/mol. The quantitative estimate of drug-likeness (QED) is 0.840. The second kappa shape index (κ2) is 5.40. The number of halogens is 4. The van der Waals surface area contributed by atoms with Crippen molar-refractivity contribution in [1.82, 2.24) is 5.32 Å². The van der Waals surface area contributed by atoms with Crippen LogP contribution in [0, 0.1) is 23.3 Å². The van der Waals surface area contributed by atoms with E-state index in [1.807, 2.05) is 0 Å². The van der Waals surface area contributed by atoms with Gasteiger partial charge in [-0.3, -0.25) is 0 Å². The van der Waals surface area contributed by atoms with Crippen LogP contribution in [0.2, 0.25) is 0 Å². The van der Waals surface area contributed by atoms with Gasteiger partial charge >= 0.3 is 0 Å². The molecule has 0 aliphatic carbocycles. The molecule has 0 saturated heterocycles. The number of rotatable bonds is 3. The first-order chi connectivity index (χ1) is 9.04. The minimum atomic E-state index is -1.05. The molecule has 5 heteroatoms. The van der Waals surface area contributed by atoms with Crippen molar-refractivity contribution in [2.75, 3.05) is 7.05 Å². The van der Waals surface area contributed by atoms with Gasteiger partial charge in [-0.15, -0.1) is 0 Å². The molecule has 1 unspecified atom stereocenters. The van der Waals surface area contributed by atoms with Gasteiger partial charge in [-0.2, -0.15) is 0 Å². The minimum absolute atomic E-state index is 0.0343. The van der Waals surface area contributed by atoms with Crippen LogP contribution in [0.4, 0.5) is 17.6 Å². The van der Waals surface area contributed by atoms with Gasteiger partial charge in [0.05, 0.1) is 6.04 Å². The standard InChI is InChI=1S/C14H11F4N/c1-19-14(9-6-5-8(15)7-12(9)17)10-3-2-4-11(16)13(10)18/h2-7,14,19H,1H3. The first-order valence-corrected chi connectivity index (χ1v) is 5.60. The summed E-state index contributed by atoms with van der Waals surface area (Å²) in [5.41, 5.74) is 0.0152. The fourth-order valence-corrected chi connectivity index (χ4v) is 1.96. The molecule has 100 valence electrons. The number of nitrogens with one attached hydrogen (secondary N) is 1. The van der Waals surface area contributed by atoms with Crippen LogP contribution < -0.4 is 5.32 Å². The first kappa shape index (κ1) is 13.5. The van der Waals surface area contributed by atoms with E-state index in [4.69, 9.17) is 0 Å². The Morgan fingerprint density at radius 1 is 0.895 bits per heavy atom. The van der Waals surface area contributed by atoms with Gasteiger partial charge in [0.2, 0.25) is 0 Å². The predicted octanol–water partition coefficient (Wildman–Crippen LogP) is 3.55. The molecule has 2 aromatic carbocycles. The molecule has 0 aliphatic rings. The van der Waals surface area contributed by atoms with E-state index in [2.05, 4.69) is 5.32 Å². The zero-order valence-corrected chi connectivity index (χ0v) is 10.1. The molecule has 0 aromatic heterocycles. The van der Waals surface area contributed by atoms with Crippen molar-refractivity contribution in [2.24, 2.45) is 0 Å². The third-order valence-electron chi connectivity index (χ3n) is 2.85. The van der Waals surface area contributed by atoms with E-state index in [1.54, 1.807) is 0 Å². The third kappa shape index (κ3) is 2.61. The van der Waals surface area contributed by atoms with Crippen molar-refractivity contribution in [1.29, 1.82) is 0 Å². The van der Waals surface area contributed by atoms with E-state index in [9.17, 15) is 17.6 Å². The van der Waals surface area contributed by atoms with Gasteiger partial charge in [0.1, 0.15) is 11.6 Å². The maximum atomic E-state index is 13.7. The second-order valence-corrected chi connectivity index (χ2v) is 4.03. The molecule has 0 heterocycles. The Morgan fingerprint density at radius 3 is 2.26 bits per heavy atom. The summed E-state index contributed by atoms with van der Waals surface area (Å²) in [7, 11) is 1.48. The van der Waals surface area contributed by atoms with Crippen molar-refractivity contribution < 1.29 is 17.6 Å². The lowest BCUT2D eigenvalue weighted by molar-refractivity contribution is 0.481. The van der Waals surface area contributed by atoms with Gasteiger partial charge in [0, 0.05) is 17.2 Å². The Balaban J connectivity index is 2.53. The molecule has 1 atom stereocenters.